The Hall–Kier alpha value is -2.60. The normalized spacial score (nSPS) is 15.4. The molecule has 0 N–H and O–H groups in total. The predicted octanol–water partition coefficient (Wildman–Crippen LogP) is 7.65. The van der Waals surface area contributed by atoms with Crippen molar-refractivity contribution in [1.29, 1.82) is 0 Å². The molecule has 1 aliphatic rings. The molecule has 0 saturated carbocycles. The summed E-state index contributed by atoms with van der Waals surface area (Å²) in [7, 11) is 1.23. The number of fused-ring (bicyclic) bond motifs is 1. The topological polar surface area (TPSA) is 43.7 Å². The maximum atomic E-state index is 14.5. The summed E-state index contributed by atoms with van der Waals surface area (Å²) in [6.07, 6.45) is -1.42. The van der Waals surface area contributed by atoms with Crippen molar-refractivity contribution < 1.29 is 26.9 Å². The quantitative estimate of drug-likeness (QED) is 0.196. The summed E-state index contributed by atoms with van der Waals surface area (Å²) in [4.78, 5) is 1.01. The molecule has 212 valence electrons. The standard InChI is InChI=1S/C29H29F3N2O3S3/c1-36-22-12-11-20(26(17-22)37-2)18-34(21-13-15-38-16-14-21)40(35)27-19-33(39-23-7-4-3-5-8-23)25-10-6-9-24(28(25)27)29(30,31)32/h3-12,17,19,21H,13-16,18H2,1-2H3. The Balaban J connectivity index is 1.63. The fourth-order valence-electron chi connectivity index (χ4n) is 4.84. The van der Waals surface area contributed by atoms with Crippen molar-refractivity contribution in [2.75, 3.05) is 25.7 Å². The van der Waals surface area contributed by atoms with Crippen LogP contribution in [0.3, 0.4) is 0 Å². The number of nitrogens with zero attached hydrogens (tertiary/aromatic N) is 2. The number of ether oxygens (including phenoxy) is 2. The predicted molar refractivity (Wildman–Crippen MR) is 156 cm³/mol. The van der Waals surface area contributed by atoms with Gasteiger partial charge in [0.1, 0.15) is 22.5 Å². The lowest BCUT2D eigenvalue weighted by Gasteiger charge is -2.33. The zero-order valence-corrected chi connectivity index (χ0v) is 24.5. The Labute approximate surface area is 242 Å². The van der Waals surface area contributed by atoms with E-state index in [1.54, 1.807) is 42.6 Å². The average Bonchev–Trinajstić information content (AvgIpc) is 3.34. The number of alkyl halides is 3. The van der Waals surface area contributed by atoms with Crippen LogP contribution < -0.4 is 9.47 Å². The monoisotopic (exact) mass is 606 g/mol. The maximum absolute atomic E-state index is 14.5. The molecule has 1 unspecified atom stereocenters. The smallest absolute Gasteiger partial charge is 0.417 e. The van der Waals surface area contributed by atoms with Gasteiger partial charge >= 0.3 is 6.18 Å². The van der Waals surface area contributed by atoms with Crippen LogP contribution in [0.4, 0.5) is 13.2 Å². The van der Waals surface area contributed by atoms with Crippen LogP contribution in [0.5, 0.6) is 11.5 Å². The molecule has 4 aromatic rings. The van der Waals surface area contributed by atoms with E-state index in [1.165, 1.54) is 18.0 Å². The molecule has 1 saturated heterocycles. The minimum absolute atomic E-state index is 0.0337. The highest BCUT2D eigenvalue weighted by Gasteiger charge is 2.37. The lowest BCUT2D eigenvalue weighted by atomic mass is 10.1. The van der Waals surface area contributed by atoms with Gasteiger partial charge in [-0.25, -0.2) is 8.51 Å². The molecule has 1 atom stereocenters. The second-order valence-electron chi connectivity index (χ2n) is 9.27. The minimum atomic E-state index is -4.60. The number of hydrogen-bond donors (Lipinski definition) is 0. The van der Waals surface area contributed by atoms with E-state index in [1.807, 2.05) is 52.5 Å². The average molecular weight is 607 g/mol. The van der Waals surface area contributed by atoms with Crippen LogP contribution in [0.25, 0.3) is 10.9 Å². The van der Waals surface area contributed by atoms with Gasteiger partial charge in [-0.05, 0) is 66.6 Å². The van der Waals surface area contributed by atoms with E-state index in [-0.39, 0.29) is 22.9 Å². The number of halogens is 3. The molecular formula is C29H29F3N2O3S3. The van der Waals surface area contributed by atoms with Gasteiger partial charge in [0, 0.05) is 40.7 Å². The highest BCUT2D eigenvalue weighted by atomic mass is 32.2. The zero-order valence-electron chi connectivity index (χ0n) is 22.0. The zero-order chi connectivity index (χ0) is 28.3. The van der Waals surface area contributed by atoms with Gasteiger partial charge in [-0.15, -0.1) is 0 Å². The van der Waals surface area contributed by atoms with Crippen LogP contribution >= 0.6 is 23.7 Å². The Morgan fingerprint density at radius 3 is 2.45 bits per heavy atom. The molecule has 0 amide bonds. The molecule has 40 heavy (non-hydrogen) atoms. The van der Waals surface area contributed by atoms with Crippen LogP contribution in [0.2, 0.25) is 0 Å². The molecule has 5 rings (SSSR count). The number of hydrogen-bond acceptors (Lipinski definition) is 5. The Kier molecular flexibility index (Phi) is 9.04. The second kappa shape index (κ2) is 12.5. The van der Waals surface area contributed by atoms with Crippen molar-refractivity contribution >= 4 is 45.6 Å². The van der Waals surface area contributed by atoms with Crippen molar-refractivity contribution in [3.05, 3.63) is 84.1 Å². The molecule has 5 nitrogen and oxygen atoms in total. The largest absolute Gasteiger partial charge is 0.497 e. The van der Waals surface area contributed by atoms with Crippen LogP contribution in [0.1, 0.15) is 24.0 Å². The Morgan fingerprint density at radius 1 is 1.02 bits per heavy atom. The van der Waals surface area contributed by atoms with E-state index in [0.29, 0.717) is 17.0 Å². The number of rotatable bonds is 9. The third-order valence-electron chi connectivity index (χ3n) is 6.83. The lowest BCUT2D eigenvalue weighted by molar-refractivity contribution is -0.136. The van der Waals surface area contributed by atoms with Gasteiger partial charge in [0.05, 0.1) is 30.2 Å². The molecule has 1 aromatic heterocycles. The summed E-state index contributed by atoms with van der Waals surface area (Å²) in [5.41, 5.74) is 0.364. The van der Waals surface area contributed by atoms with Gasteiger partial charge in [0.15, 0.2) is 0 Å². The first-order valence-corrected chi connectivity index (χ1v) is 15.8. The summed E-state index contributed by atoms with van der Waals surface area (Å²) < 4.78 is 71.9. The van der Waals surface area contributed by atoms with E-state index >= 15 is 0 Å². The fraction of sp³-hybridized carbons (Fsp3) is 0.310. The van der Waals surface area contributed by atoms with E-state index in [9.17, 15) is 17.4 Å². The molecule has 1 aliphatic heterocycles. The number of benzene rings is 3. The van der Waals surface area contributed by atoms with Gasteiger partial charge in [0.2, 0.25) is 0 Å². The van der Waals surface area contributed by atoms with Crippen molar-refractivity contribution in [2.24, 2.45) is 0 Å². The van der Waals surface area contributed by atoms with Gasteiger partial charge in [0.25, 0.3) is 0 Å². The van der Waals surface area contributed by atoms with E-state index < -0.39 is 22.7 Å². The van der Waals surface area contributed by atoms with E-state index in [2.05, 4.69) is 0 Å². The summed E-state index contributed by atoms with van der Waals surface area (Å²) in [6, 6.07) is 18.9. The minimum Gasteiger partial charge on any atom is -0.497 e. The molecular weight excluding hydrogens is 578 g/mol. The summed E-state index contributed by atoms with van der Waals surface area (Å²) >= 11 is 3.13. The number of methoxy groups -OCH3 is 2. The summed E-state index contributed by atoms with van der Waals surface area (Å²) in [5, 5.41) is -0.0337. The number of thioether (sulfide) groups is 1. The molecule has 0 radical (unpaired) electrons. The third-order valence-corrected chi connectivity index (χ3v) is 10.4. The van der Waals surface area contributed by atoms with Crippen molar-refractivity contribution in [2.45, 2.75) is 41.4 Å². The van der Waals surface area contributed by atoms with Gasteiger partial charge in [-0.1, -0.05) is 30.3 Å². The van der Waals surface area contributed by atoms with Crippen LogP contribution in [0.15, 0.2) is 82.7 Å². The van der Waals surface area contributed by atoms with Crippen LogP contribution in [-0.2, 0) is 23.7 Å². The van der Waals surface area contributed by atoms with Crippen molar-refractivity contribution in [1.82, 2.24) is 8.28 Å². The second-order valence-corrected chi connectivity index (χ2v) is 12.9. The highest BCUT2D eigenvalue weighted by Crippen LogP contribution is 2.42. The number of aromatic nitrogens is 1. The molecule has 0 spiro atoms. The molecule has 0 aliphatic carbocycles. The fourth-order valence-corrected chi connectivity index (χ4v) is 8.47. The lowest BCUT2D eigenvalue weighted by Crippen LogP contribution is -2.38. The molecule has 3 aromatic carbocycles. The molecule has 11 heteroatoms. The first kappa shape index (κ1) is 28.9. The van der Waals surface area contributed by atoms with Crippen molar-refractivity contribution in [3.8, 4) is 11.5 Å². The first-order valence-electron chi connectivity index (χ1n) is 12.7. The Bertz CT molecular complexity index is 1490. The van der Waals surface area contributed by atoms with Crippen molar-refractivity contribution in [3.63, 3.8) is 0 Å². The summed E-state index contributed by atoms with van der Waals surface area (Å²) in [6.45, 7) is 0.252. The van der Waals surface area contributed by atoms with Crippen LogP contribution in [0, 0.1) is 0 Å². The maximum Gasteiger partial charge on any atom is 0.417 e. The van der Waals surface area contributed by atoms with Gasteiger partial charge < -0.3 is 9.47 Å². The SMILES string of the molecule is COc1ccc(CN(C2CCSCC2)S(=O)c2cn(Sc3ccccc3)c3cccc(C(F)(F)F)c23)c(OC)c1. The van der Waals surface area contributed by atoms with E-state index in [4.69, 9.17) is 9.47 Å². The summed E-state index contributed by atoms with van der Waals surface area (Å²) in [5.74, 6) is 3.00. The Morgan fingerprint density at radius 2 is 1.77 bits per heavy atom. The van der Waals surface area contributed by atoms with Crippen LogP contribution in [-0.4, -0.2) is 44.3 Å². The van der Waals surface area contributed by atoms with Gasteiger partial charge in [-0.2, -0.15) is 24.9 Å². The molecule has 2 heterocycles. The molecule has 0 bridgehead atoms. The third kappa shape index (κ3) is 6.17. The van der Waals surface area contributed by atoms with Gasteiger partial charge in [-0.3, -0.25) is 3.97 Å². The highest BCUT2D eigenvalue weighted by molar-refractivity contribution is 7.99. The molecule has 1 fully saturated rings. The first-order chi connectivity index (χ1) is 19.3. The van der Waals surface area contributed by atoms with E-state index in [0.717, 1.165) is 40.9 Å².